The summed E-state index contributed by atoms with van der Waals surface area (Å²) >= 11 is 0. The standard InChI is InChI=1S/C15H15N5O/c1-10-13-14(17-9-18-15(13)21-19-10)20-7-6-16-8-11-4-2-3-5-12(11)20/h2-5,9,16H,6-8H2,1H3. The van der Waals surface area contributed by atoms with Crippen LogP contribution in [-0.4, -0.2) is 28.2 Å². The maximum absolute atomic E-state index is 5.26. The molecule has 106 valence electrons. The molecule has 1 N–H and O–H groups in total. The van der Waals surface area contributed by atoms with Gasteiger partial charge in [0.05, 0.1) is 5.69 Å². The molecule has 0 atom stereocenters. The summed E-state index contributed by atoms with van der Waals surface area (Å²) in [5.74, 6) is 0.856. The van der Waals surface area contributed by atoms with Crippen molar-refractivity contribution >= 4 is 22.6 Å². The number of aromatic nitrogens is 3. The van der Waals surface area contributed by atoms with Gasteiger partial charge in [-0.25, -0.2) is 4.98 Å². The minimum Gasteiger partial charge on any atom is -0.335 e. The molecule has 0 spiro atoms. The zero-order valence-electron chi connectivity index (χ0n) is 11.7. The van der Waals surface area contributed by atoms with Crippen molar-refractivity contribution in [2.24, 2.45) is 0 Å². The van der Waals surface area contributed by atoms with Crippen molar-refractivity contribution in [2.75, 3.05) is 18.0 Å². The average Bonchev–Trinajstić information content (AvgIpc) is 2.78. The maximum atomic E-state index is 5.26. The van der Waals surface area contributed by atoms with Gasteiger partial charge in [0.15, 0.2) is 0 Å². The van der Waals surface area contributed by atoms with Crippen molar-refractivity contribution in [2.45, 2.75) is 13.5 Å². The van der Waals surface area contributed by atoms with Crippen LogP contribution in [0.25, 0.3) is 11.1 Å². The molecule has 0 amide bonds. The van der Waals surface area contributed by atoms with Crippen LogP contribution in [0.5, 0.6) is 0 Å². The largest absolute Gasteiger partial charge is 0.335 e. The van der Waals surface area contributed by atoms with Crippen molar-refractivity contribution in [1.82, 2.24) is 20.4 Å². The molecule has 21 heavy (non-hydrogen) atoms. The molecule has 6 nitrogen and oxygen atoms in total. The van der Waals surface area contributed by atoms with Crippen molar-refractivity contribution in [3.8, 4) is 0 Å². The molecule has 1 aromatic carbocycles. The first-order chi connectivity index (χ1) is 10.3. The zero-order valence-corrected chi connectivity index (χ0v) is 11.7. The lowest BCUT2D eigenvalue weighted by atomic mass is 10.1. The number of rotatable bonds is 1. The normalized spacial score (nSPS) is 15.0. The molecule has 0 saturated heterocycles. The topological polar surface area (TPSA) is 67.1 Å². The minimum absolute atomic E-state index is 0.534. The molecule has 0 aliphatic carbocycles. The van der Waals surface area contributed by atoms with E-state index in [9.17, 15) is 0 Å². The number of benzene rings is 1. The fourth-order valence-corrected chi connectivity index (χ4v) is 2.79. The first-order valence-corrected chi connectivity index (χ1v) is 6.98. The molecule has 2 aromatic heterocycles. The van der Waals surface area contributed by atoms with Crippen LogP contribution < -0.4 is 10.2 Å². The number of anilines is 2. The van der Waals surface area contributed by atoms with E-state index in [-0.39, 0.29) is 0 Å². The van der Waals surface area contributed by atoms with Gasteiger partial charge in [0, 0.05) is 25.3 Å². The van der Waals surface area contributed by atoms with Crippen LogP contribution in [-0.2, 0) is 6.54 Å². The molecule has 6 heteroatoms. The number of hydrogen-bond acceptors (Lipinski definition) is 6. The lowest BCUT2D eigenvalue weighted by Gasteiger charge is -2.23. The van der Waals surface area contributed by atoms with Crippen LogP contribution in [0.3, 0.4) is 0 Å². The van der Waals surface area contributed by atoms with Gasteiger partial charge in [-0.2, -0.15) is 4.98 Å². The second kappa shape index (κ2) is 4.82. The molecule has 3 aromatic rings. The molecule has 1 aliphatic rings. The Balaban J connectivity index is 1.94. The summed E-state index contributed by atoms with van der Waals surface area (Å²) in [5.41, 5.74) is 3.78. The van der Waals surface area contributed by atoms with Gasteiger partial charge in [-0.3, -0.25) is 0 Å². The van der Waals surface area contributed by atoms with Crippen LogP contribution in [0.2, 0.25) is 0 Å². The van der Waals surface area contributed by atoms with Gasteiger partial charge in [0.2, 0.25) is 0 Å². The molecule has 0 bridgehead atoms. The molecule has 1 aliphatic heterocycles. The maximum Gasteiger partial charge on any atom is 0.263 e. The zero-order chi connectivity index (χ0) is 14.2. The van der Waals surface area contributed by atoms with E-state index in [1.54, 1.807) is 0 Å². The van der Waals surface area contributed by atoms with Crippen LogP contribution in [0.4, 0.5) is 11.5 Å². The lowest BCUT2D eigenvalue weighted by molar-refractivity contribution is 0.442. The predicted molar refractivity (Wildman–Crippen MR) is 79.5 cm³/mol. The van der Waals surface area contributed by atoms with Gasteiger partial charge in [0.25, 0.3) is 5.71 Å². The summed E-state index contributed by atoms with van der Waals surface area (Å²) in [6, 6.07) is 8.37. The van der Waals surface area contributed by atoms with Gasteiger partial charge >= 0.3 is 0 Å². The Bertz CT molecular complexity index is 798. The monoisotopic (exact) mass is 281 g/mol. The Morgan fingerprint density at radius 1 is 1.24 bits per heavy atom. The van der Waals surface area contributed by atoms with Crippen LogP contribution >= 0.6 is 0 Å². The fraction of sp³-hybridized carbons (Fsp3) is 0.267. The highest BCUT2D eigenvalue weighted by atomic mass is 16.5. The van der Waals surface area contributed by atoms with E-state index in [1.807, 2.05) is 6.92 Å². The summed E-state index contributed by atoms with van der Waals surface area (Å²) in [7, 11) is 0. The molecule has 3 heterocycles. The third-order valence-electron chi connectivity index (χ3n) is 3.79. The third kappa shape index (κ3) is 1.95. The summed E-state index contributed by atoms with van der Waals surface area (Å²) in [6.45, 7) is 4.52. The molecule has 0 unspecified atom stereocenters. The molecule has 0 saturated carbocycles. The van der Waals surface area contributed by atoms with Crippen LogP contribution in [0.15, 0.2) is 35.1 Å². The van der Waals surface area contributed by atoms with Crippen molar-refractivity contribution in [3.63, 3.8) is 0 Å². The van der Waals surface area contributed by atoms with Crippen LogP contribution in [0, 0.1) is 6.92 Å². The Labute approximate surface area is 121 Å². The summed E-state index contributed by atoms with van der Waals surface area (Å²) in [4.78, 5) is 10.9. The molecule has 0 radical (unpaired) electrons. The lowest BCUT2D eigenvalue weighted by Crippen LogP contribution is -2.25. The van der Waals surface area contributed by atoms with Gasteiger partial charge in [0.1, 0.15) is 17.5 Å². The van der Waals surface area contributed by atoms with Gasteiger partial charge in [-0.1, -0.05) is 23.4 Å². The summed E-state index contributed by atoms with van der Waals surface area (Å²) in [6.07, 6.45) is 1.53. The Morgan fingerprint density at radius 2 is 2.14 bits per heavy atom. The Hall–Kier alpha value is -2.47. The van der Waals surface area contributed by atoms with Crippen LogP contribution in [0.1, 0.15) is 11.3 Å². The smallest absolute Gasteiger partial charge is 0.263 e. The number of hydrogen-bond donors (Lipinski definition) is 1. The van der Waals surface area contributed by atoms with Gasteiger partial charge in [-0.15, -0.1) is 0 Å². The number of nitrogens with zero attached hydrogens (tertiary/aromatic N) is 4. The van der Waals surface area contributed by atoms with E-state index in [2.05, 4.69) is 49.6 Å². The van der Waals surface area contributed by atoms with E-state index in [4.69, 9.17) is 4.52 Å². The first kappa shape index (κ1) is 12.3. The fourth-order valence-electron chi connectivity index (χ4n) is 2.79. The quantitative estimate of drug-likeness (QED) is 0.737. The third-order valence-corrected chi connectivity index (χ3v) is 3.79. The number of para-hydroxylation sites is 1. The predicted octanol–water partition coefficient (Wildman–Crippen LogP) is 2.17. The van der Waals surface area contributed by atoms with E-state index < -0.39 is 0 Å². The highest BCUT2D eigenvalue weighted by molar-refractivity contribution is 5.90. The van der Waals surface area contributed by atoms with E-state index >= 15 is 0 Å². The summed E-state index contributed by atoms with van der Waals surface area (Å²) < 4.78 is 5.26. The molecular weight excluding hydrogens is 266 g/mol. The second-order valence-corrected chi connectivity index (χ2v) is 5.10. The number of fused-ring (bicyclic) bond motifs is 2. The highest BCUT2D eigenvalue weighted by Crippen LogP contribution is 2.33. The second-order valence-electron chi connectivity index (χ2n) is 5.10. The average molecular weight is 281 g/mol. The SMILES string of the molecule is Cc1noc2ncnc(N3CCNCc4ccccc43)c12. The number of nitrogens with one attached hydrogen (secondary N) is 1. The molecule has 0 fully saturated rings. The number of aryl methyl sites for hydroxylation is 1. The summed E-state index contributed by atoms with van der Waals surface area (Å²) in [5, 5.41) is 8.33. The van der Waals surface area contributed by atoms with Crippen molar-refractivity contribution in [3.05, 3.63) is 41.9 Å². The minimum atomic E-state index is 0.534. The molecule has 4 rings (SSSR count). The van der Waals surface area contributed by atoms with E-state index in [0.29, 0.717) is 5.71 Å². The van der Waals surface area contributed by atoms with Crippen molar-refractivity contribution < 1.29 is 4.52 Å². The van der Waals surface area contributed by atoms with Crippen molar-refractivity contribution in [1.29, 1.82) is 0 Å². The van der Waals surface area contributed by atoms with Gasteiger partial charge < -0.3 is 14.7 Å². The Morgan fingerprint density at radius 3 is 3.10 bits per heavy atom. The Kier molecular flexibility index (Phi) is 2.82. The van der Waals surface area contributed by atoms with E-state index in [1.165, 1.54) is 17.6 Å². The highest BCUT2D eigenvalue weighted by Gasteiger charge is 2.22. The molecular formula is C15H15N5O. The first-order valence-electron chi connectivity index (χ1n) is 6.98. The van der Waals surface area contributed by atoms with E-state index in [0.717, 1.165) is 36.5 Å². The van der Waals surface area contributed by atoms with Gasteiger partial charge in [-0.05, 0) is 18.6 Å².